The molecule has 122 valence electrons. The monoisotopic (exact) mass is 322 g/mol. The molecule has 2 unspecified atom stereocenters. The molecule has 1 aromatic carbocycles. The van der Waals surface area contributed by atoms with E-state index in [9.17, 15) is 4.79 Å². The fourth-order valence-electron chi connectivity index (χ4n) is 3.79. The minimum atomic E-state index is -0.0210. The number of halogens is 1. The number of benzene rings is 1. The van der Waals surface area contributed by atoms with E-state index in [1.54, 1.807) is 0 Å². The fourth-order valence-corrected chi connectivity index (χ4v) is 3.79. The van der Waals surface area contributed by atoms with Crippen molar-refractivity contribution in [3.63, 3.8) is 0 Å². The van der Waals surface area contributed by atoms with Crippen LogP contribution >= 0.6 is 12.4 Å². The fraction of sp³-hybridized carbons (Fsp3) is 0.611. The van der Waals surface area contributed by atoms with Crippen molar-refractivity contribution in [2.75, 3.05) is 19.6 Å². The van der Waals surface area contributed by atoms with Crippen molar-refractivity contribution < 1.29 is 4.79 Å². The summed E-state index contributed by atoms with van der Waals surface area (Å²) in [4.78, 5) is 14.7. The minimum Gasteiger partial charge on any atom is -0.342 e. The van der Waals surface area contributed by atoms with E-state index in [1.165, 1.54) is 19.4 Å². The predicted octanol–water partition coefficient (Wildman–Crippen LogP) is 3.20. The van der Waals surface area contributed by atoms with E-state index >= 15 is 0 Å². The smallest absolute Gasteiger partial charge is 0.229 e. The summed E-state index contributed by atoms with van der Waals surface area (Å²) in [7, 11) is 0. The summed E-state index contributed by atoms with van der Waals surface area (Å²) in [5.74, 6) is 1.04. The highest BCUT2D eigenvalue weighted by Crippen LogP contribution is 2.27. The van der Waals surface area contributed by atoms with E-state index in [4.69, 9.17) is 0 Å². The summed E-state index contributed by atoms with van der Waals surface area (Å²) in [5.41, 5.74) is 1.13. The van der Waals surface area contributed by atoms with Gasteiger partial charge in [-0.25, -0.2) is 0 Å². The molecule has 2 fully saturated rings. The highest BCUT2D eigenvalue weighted by molar-refractivity contribution is 5.85. The van der Waals surface area contributed by atoms with Gasteiger partial charge in [0.15, 0.2) is 0 Å². The molecule has 1 amide bonds. The molecule has 1 aromatic rings. The lowest BCUT2D eigenvalue weighted by molar-refractivity contribution is -0.134. The summed E-state index contributed by atoms with van der Waals surface area (Å²) in [6.07, 6.45) is 4.95. The van der Waals surface area contributed by atoms with Crippen molar-refractivity contribution in [2.24, 2.45) is 5.92 Å². The molecule has 2 atom stereocenters. The van der Waals surface area contributed by atoms with Crippen LogP contribution in [0.5, 0.6) is 0 Å². The highest BCUT2D eigenvalue weighted by Gasteiger charge is 2.31. The zero-order valence-corrected chi connectivity index (χ0v) is 14.1. The second-order valence-corrected chi connectivity index (χ2v) is 6.50. The van der Waals surface area contributed by atoms with Gasteiger partial charge in [-0.05, 0) is 50.6 Å². The molecule has 2 heterocycles. The molecule has 2 aliphatic heterocycles. The van der Waals surface area contributed by atoms with Gasteiger partial charge in [-0.1, -0.05) is 30.3 Å². The average Bonchev–Trinajstić information content (AvgIpc) is 3.09. The van der Waals surface area contributed by atoms with Gasteiger partial charge in [0.2, 0.25) is 5.91 Å². The number of nitrogens with one attached hydrogen (secondary N) is 1. The Morgan fingerprint density at radius 1 is 1.18 bits per heavy atom. The van der Waals surface area contributed by atoms with Crippen molar-refractivity contribution in [1.29, 1.82) is 0 Å². The van der Waals surface area contributed by atoms with Crippen LogP contribution in [0.4, 0.5) is 0 Å². The zero-order chi connectivity index (χ0) is 14.7. The third-order valence-corrected chi connectivity index (χ3v) is 5.19. The predicted molar refractivity (Wildman–Crippen MR) is 92.4 cm³/mol. The van der Waals surface area contributed by atoms with Crippen LogP contribution in [-0.2, 0) is 4.79 Å². The lowest BCUT2D eigenvalue weighted by Gasteiger charge is -2.36. The molecule has 4 heteroatoms. The number of likely N-dealkylation sites (tertiary alicyclic amines) is 1. The molecule has 0 saturated carbocycles. The van der Waals surface area contributed by atoms with Gasteiger partial charge in [-0.15, -0.1) is 12.4 Å². The maximum absolute atomic E-state index is 12.6. The SMILES string of the molecule is CC(C(=O)N1CCC(C2CCCN2)CC1)c1ccccc1.Cl. The van der Waals surface area contributed by atoms with Gasteiger partial charge in [0.25, 0.3) is 0 Å². The summed E-state index contributed by atoms with van der Waals surface area (Å²) in [6.45, 7) is 5.06. The molecule has 22 heavy (non-hydrogen) atoms. The molecular formula is C18H27ClN2O. The van der Waals surface area contributed by atoms with E-state index in [-0.39, 0.29) is 18.3 Å². The topological polar surface area (TPSA) is 32.3 Å². The van der Waals surface area contributed by atoms with Crippen LogP contribution in [0, 0.1) is 5.92 Å². The van der Waals surface area contributed by atoms with Gasteiger partial charge in [-0.3, -0.25) is 4.79 Å². The third kappa shape index (κ3) is 3.82. The summed E-state index contributed by atoms with van der Waals surface area (Å²) in [5, 5.41) is 3.62. The van der Waals surface area contributed by atoms with Gasteiger partial charge in [0.1, 0.15) is 0 Å². The number of hydrogen-bond donors (Lipinski definition) is 1. The van der Waals surface area contributed by atoms with Crippen molar-refractivity contribution >= 4 is 18.3 Å². The first-order chi connectivity index (χ1) is 10.3. The number of amides is 1. The Labute approximate surface area is 139 Å². The number of rotatable bonds is 3. The average molecular weight is 323 g/mol. The van der Waals surface area contributed by atoms with Crippen LogP contribution in [0.3, 0.4) is 0 Å². The number of hydrogen-bond acceptors (Lipinski definition) is 2. The molecule has 0 bridgehead atoms. The summed E-state index contributed by atoms with van der Waals surface area (Å²) in [6, 6.07) is 10.8. The Bertz CT molecular complexity index is 465. The molecule has 1 N–H and O–H groups in total. The number of piperidine rings is 1. The van der Waals surface area contributed by atoms with Crippen LogP contribution in [-0.4, -0.2) is 36.5 Å². The normalized spacial score (nSPS) is 23.9. The first kappa shape index (κ1) is 17.3. The molecule has 0 aromatic heterocycles. The van der Waals surface area contributed by atoms with Gasteiger partial charge >= 0.3 is 0 Å². The van der Waals surface area contributed by atoms with Crippen LogP contribution in [0.1, 0.15) is 44.1 Å². The van der Waals surface area contributed by atoms with Crippen LogP contribution in [0.25, 0.3) is 0 Å². The molecule has 0 radical (unpaired) electrons. The Morgan fingerprint density at radius 3 is 2.45 bits per heavy atom. The van der Waals surface area contributed by atoms with Gasteiger partial charge in [0, 0.05) is 19.1 Å². The summed E-state index contributed by atoms with van der Waals surface area (Å²) >= 11 is 0. The molecule has 2 aliphatic rings. The second-order valence-electron chi connectivity index (χ2n) is 6.50. The Hall–Kier alpha value is -1.06. The molecular weight excluding hydrogens is 296 g/mol. The van der Waals surface area contributed by atoms with E-state index in [2.05, 4.69) is 22.3 Å². The molecule has 3 nitrogen and oxygen atoms in total. The number of nitrogens with zero attached hydrogens (tertiary/aromatic N) is 1. The van der Waals surface area contributed by atoms with Crippen LogP contribution in [0.2, 0.25) is 0 Å². The largest absolute Gasteiger partial charge is 0.342 e. The third-order valence-electron chi connectivity index (χ3n) is 5.19. The number of carbonyl (C=O) groups excluding carboxylic acids is 1. The quantitative estimate of drug-likeness (QED) is 0.927. The maximum Gasteiger partial charge on any atom is 0.229 e. The maximum atomic E-state index is 12.6. The van der Waals surface area contributed by atoms with E-state index < -0.39 is 0 Å². The second kappa shape index (κ2) is 7.98. The lowest BCUT2D eigenvalue weighted by atomic mass is 9.88. The van der Waals surface area contributed by atoms with Crippen LogP contribution in [0.15, 0.2) is 30.3 Å². The standard InChI is InChI=1S/C18H26N2O.ClH/c1-14(15-6-3-2-4-7-15)18(21)20-12-9-16(10-13-20)17-8-5-11-19-17;/h2-4,6-7,14,16-17,19H,5,8-13H2,1H3;1H. The Morgan fingerprint density at radius 2 is 1.86 bits per heavy atom. The number of carbonyl (C=O) groups is 1. The van der Waals surface area contributed by atoms with E-state index in [0.717, 1.165) is 37.4 Å². The Kier molecular flexibility index (Phi) is 6.27. The Balaban J connectivity index is 0.00000176. The van der Waals surface area contributed by atoms with Crippen molar-refractivity contribution in [2.45, 2.75) is 44.6 Å². The van der Waals surface area contributed by atoms with Crippen molar-refractivity contribution in [1.82, 2.24) is 10.2 Å². The van der Waals surface area contributed by atoms with Gasteiger partial charge in [0.05, 0.1) is 5.92 Å². The van der Waals surface area contributed by atoms with Crippen LogP contribution < -0.4 is 5.32 Å². The molecule has 2 saturated heterocycles. The minimum absolute atomic E-state index is 0. The lowest BCUT2D eigenvalue weighted by Crippen LogP contribution is -2.44. The first-order valence-electron chi connectivity index (χ1n) is 8.33. The van der Waals surface area contributed by atoms with Crippen molar-refractivity contribution in [3.05, 3.63) is 35.9 Å². The molecule has 0 spiro atoms. The summed E-state index contributed by atoms with van der Waals surface area (Å²) < 4.78 is 0. The van der Waals surface area contributed by atoms with Crippen molar-refractivity contribution in [3.8, 4) is 0 Å². The van der Waals surface area contributed by atoms with Gasteiger partial charge in [-0.2, -0.15) is 0 Å². The van der Waals surface area contributed by atoms with E-state index in [0.29, 0.717) is 11.9 Å². The zero-order valence-electron chi connectivity index (χ0n) is 13.3. The first-order valence-corrected chi connectivity index (χ1v) is 8.33. The molecule has 0 aliphatic carbocycles. The molecule has 3 rings (SSSR count). The van der Waals surface area contributed by atoms with Gasteiger partial charge < -0.3 is 10.2 Å². The van der Waals surface area contributed by atoms with E-state index in [1.807, 2.05) is 25.1 Å². The highest BCUT2D eigenvalue weighted by atomic mass is 35.5.